The Bertz CT molecular complexity index is 2810. The fourth-order valence-electron chi connectivity index (χ4n) is 9.77. The Balaban J connectivity index is 1.01. The van der Waals surface area contributed by atoms with E-state index >= 15 is 0 Å². The number of carbonyl (C=O) groups excluding carboxylic acids is 3. The molecule has 2 aromatic heterocycles. The molecule has 8 heteroatoms. The van der Waals surface area contributed by atoms with Gasteiger partial charge in [-0.25, -0.2) is 0 Å². The smallest absolute Gasteiger partial charge is 0.264 e. The lowest BCUT2D eigenvalue weighted by Gasteiger charge is -2.42. The monoisotopic (exact) mass is 706 g/mol. The Morgan fingerprint density at radius 1 is 0.463 bits per heavy atom. The zero-order valence-electron chi connectivity index (χ0n) is 29.2. The number of aliphatic hydroxyl groups is 1. The lowest BCUT2D eigenvalue weighted by molar-refractivity contribution is -0.0305. The van der Waals surface area contributed by atoms with Crippen LogP contribution in [0.2, 0.25) is 0 Å². The van der Waals surface area contributed by atoms with Crippen LogP contribution in [0.25, 0.3) is 55.0 Å². The van der Waals surface area contributed by atoms with Crippen molar-refractivity contribution in [3.05, 3.63) is 156 Å². The largest absolute Gasteiger partial charge is 0.369 e. The third-order valence-electron chi connectivity index (χ3n) is 12.0. The molecule has 6 aromatic carbocycles. The molecule has 8 aromatic rings. The molecule has 1 saturated carbocycles. The number of hydrogen-bond donors (Lipinski definition) is 1. The Morgan fingerprint density at radius 2 is 0.926 bits per heavy atom. The van der Waals surface area contributed by atoms with Crippen LogP contribution in [0.15, 0.2) is 133 Å². The number of aliphatic hydroxyl groups excluding tert-OH is 1. The van der Waals surface area contributed by atoms with Crippen LogP contribution >= 0.6 is 0 Å². The first kappa shape index (κ1) is 31.1. The van der Waals surface area contributed by atoms with Crippen molar-refractivity contribution in [3.63, 3.8) is 0 Å². The maximum atomic E-state index is 14.9. The first-order valence-corrected chi connectivity index (χ1v) is 18.6. The molecule has 1 aliphatic carbocycles. The highest BCUT2D eigenvalue weighted by molar-refractivity contribution is 6.24. The van der Waals surface area contributed by atoms with Crippen molar-refractivity contribution in [2.24, 2.45) is 0 Å². The maximum Gasteiger partial charge on any atom is 0.264 e. The summed E-state index contributed by atoms with van der Waals surface area (Å²) in [7, 11) is 0. The van der Waals surface area contributed by atoms with E-state index in [4.69, 9.17) is 0 Å². The van der Waals surface area contributed by atoms with Crippen molar-refractivity contribution < 1.29 is 19.5 Å². The van der Waals surface area contributed by atoms with E-state index < -0.39 is 18.3 Å². The van der Waals surface area contributed by atoms with Gasteiger partial charge in [-0.05, 0) is 55.3 Å². The summed E-state index contributed by atoms with van der Waals surface area (Å²) in [6.45, 7) is 0. The summed E-state index contributed by atoms with van der Waals surface area (Å²) in [5.74, 6) is -1.03. The lowest BCUT2D eigenvalue weighted by atomic mass is 9.87. The molecular formula is C46H34N4O4. The SMILES string of the molecule is O=C1c2cccc(-n3c4ccccc4c4ccccc43)c2C(=O)N1C1CCCCC1N1C(=O)c2c(cccc2-n2c3ccccc3c3ccccc32)C1O. The van der Waals surface area contributed by atoms with Crippen LogP contribution in [0.1, 0.15) is 68.5 Å². The number of rotatable bonds is 4. The molecular weight excluding hydrogens is 673 g/mol. The van der Waals surface area contributed by atoms with E-state index in [9.17, 15) is 19.5 Å². The van der Waals surface area contributed by atoms with Gasteiger partial charge in [0.05, 0.1) is 62.2 Å². The van der Waals surface area contributed by atoms with E-state index in [1.54, 1.807) is 11.0 Å². The van der Waals surface area contributed by atoms with Crippen molar-refractivity contribution in [3.8, 4) is 11.4 Å². The topological polar surface area (TPSA) is 87.8 Å². The van der Waals surface area contributed by atoms with Crippen LogP contribution in [-0.2, 0) is 0 Å². The minimum absolute atomic E-state index is 0.297. The first-order chi connectivity index (χ1) is 26.5. The molecule has 0 spiro atoms. The van der Waals surface area contributed by atoms with Gasteiger partial charge in [0.25, 0.3) is 17.7 Å². The Hall–Kier alpha value is -6.51. The Labute approximate surface area is 310 Å². The summed E-state index contributed by atoms with van der Waals surface area (Å²) in [5, 5.41) is 16.3. The minimum Gasteiger partial charge on any atom is -0.369 e. The summed E-state index contributed by atoms with van der Waals surface area (Å²) in [6, 6.07) is 42.4. The van der Waals surface area contributed by atoms with Crippen LogP contribution in [0.3, 0.4) is 0 Å². The van der Waals surface area contributed by atoms with E-state index in [1.165, 1.54) is 4.90 Å². The number of fused-ring (bicyclic) bond motifs is 8. The quantitative estimate of drug-likeness (QED) is 0.185. The molecule has 8 nitrogen and oxygen atoms in total. The van der Waals surface area contributed by atoms with E-state index in [-0.39, 0.29) is 17.7 Å². The number of hydrogen-bond acceptors (Lipinski definition) is 4. The van der Waals surface area contributed by atoms with Crippen LogP contribution in [-0.4, -0.2) is 53.8 Å². The minimum atomic E-state index is -1.23. The van der Waals surface area contributed by atoms with Gasteiger partial charge < -0.3 is 19.1 Å². The van der Waals surface area contributed by atoms with Gasteiger partial charge in [-0.15, -0.1) is 0 Å². The van der Waals surface area contributed by atoms with Gasteiger partial charge in [-0.3, -0.25) is 19.3 Å². The summed E-state index contributed by atoms with van der Waals surface area (Å²) >= 11 is 0. The second-order valence-electron chi connectivity index (χ2n) is 14.7. The van der Waals surface area contributed by atoms with Gasteiger partial charge >= 0.3 is 0 Å². The molecule has 3 aliphatic rings. The molecule has 11 rings (SSSR count). The molecule has 262 valence electrons. The number of amides is 3. The predicted molar refractivity (Wildman–Crippen MR) is 209 cm³/mol. The van der Waals surface area contributed by atoms with Crippen LogP contribution in [0.4, 0.5) is 0 Å². The summed E-state index contributed by atoms with van der Waals surface area (Å²) in [6.07, 6.45) is 1.47. The van der Waals surface area contributed by atoms with Crippen molar-refractivity contribution in [1.82, 2.24) is 18.9 Å². The van der Waals surface area contributed by atoms with Crippen molar-refractivity contribution >= 4 is 61.3 Å². The number of benzene rings is 6. The van der Waals surface area contributed by atoms with Crippen molar-refractivity contribution in [2.45, 2.75) is 44.0 Å². The summed E-state index contributed by atoms with van der Waals surface area (Å²) in [5.41, 5.74) is 6.86. The summed E-state index contributed by atoms with van der Waals surface area (Å²) in [4.78, 5) is 47.1. The van der Waals surface area contributed by atoms with Crippen molar-refractivity contribution in [1.29, 1.82) is 0 Å². The Morgan fingerprint density at radius 3 is 1.46 bits per heavy atom. The second kappa shape index (κ2) is 11.5. The molecule has 3 amide bonds. The first-order valence-electron chi connectivity index (χ1n) is 18.6. The molecule has 4 heterocycles. The number of carbonyl (C=O) groups is 3. The molecule has 3 atom stereocenters. The van der Waals surface area contributed by atoms with Gasteiger partial charge in [0.1, 0.15) is 0 Å². The van der Waals surface area contributed by atoms with Crippen molar-refractivity contribution in [2.75, 3.05) is 0 Å². The second-order valence-corrected chi connectivity index (χ2v) is 14.7. The van der Waals surface area contributed by atoms with Gasteiger partial charge in [-0.2, -0.15) is 0 Å². The molecule has 0 radical (unpaired) electrons. The average molecular weight is 707 g/mol. The standard InChI is InChI=1S/C46H34N4O4/c51-43-31-17-11-25-39(47-33-19-5-1-13-27(33)28-14-2-6-20-34(28)47)41(31)45(53)49(43)37-23-9-10-24-38(37)50-44(52)32-18-12-26-40(42(32)46(50)54)48-35-21-7-3-15-29(35)30-16-4-8-22-36(30)48/h1-8,11-22,25-26,37-38,43,51H,9-10,23-24H2. The van der Waals surface area contributed by atoms with Gasteiger partial charge in [-0.1, -0.05) is 104 Å². The van der Waals surface area contributed by atoms with E-state index in [0.29, 0.717) is 46.5 Å². The van der Waals surface area contributed by atoms with Gasteiger partial charge in [0.15, 0.2) is 6.23 Å². The predicted octanol–water partition coefficient (Wildman–Crippen LogP) is 8.93. The fourth-order valence-corrected chi connectivity index (χ4v) is 9.77. The number of para-hydroxylation sites is 4. The Kier molecular flexibility index (Phi) is 6.61. The molecule has 0 bridgehead atoms. The third-order valence-corrected chi connectivity index (χ3v) is 12.0. The molecule has 3 unspecified atom stereocenters. The van der Waals surface area contributed by atoms with Crippen LogP contribution in [0, 0.1) is 0 Å². The zero-order valence-corrected chi connectivity index (χ0v) is 29.2. The fraction of sp³-hybridized carbons (Fsp3) is 0.152. The van der Waals surface area contributed by atoms with E-state index in [2.05, 4.69) is 45.5 Å². The maximum absolute atomic E-state index is 14.9. The number of nitrogens with zero attached hydrogens (tertiary/aromatic N) is 4. The summed E-state index contributed by atoms with van der Waals surface area (Å²) < 4.78 is 4.19. The zero-order chi connectivity index (χ0) is 36.2. The van der Waals surface area contributed by atoms with Crippen LogP contribution < -0.4 is 0 Å². The molecule has 54 heavy (non-hydrogen) atoms. The number of imide groups is 1. The molecule has 0 saturated heterocycles. The lowest BCUT2D eigenvalue weighted by Crippen LogP contribution is -2.56. The normalized spacial score (nSPS) is 19.9. The molecule has 1 fully saturated rings. The highest BCUT2D eigenvalue weighted by Crippen LogP contribution is 2.45. The highest BCUT2D eigenvalue weighted by Gasteiger charge is 2.51. The third kappa shape index (κ3) is 4.08. The van der Waals surface area contributed by atoms with Gasteiger partial charge in [0.2, 0.25) is 0 Å². The van der Waals surface area contributed by atoms with E-state index in [0.717, 1.165) is 56.5 Å². The highest BCUT2D eigenvalue weighted by atomic mass is 16.3. The van der Waals surface area contributed by atoms with Crippen LogP contribution in [0.5, 0.6) is 0 Å². The number of aromatic nitrogens is 2. The van der Waals surface area contributed by atoms with Gasteiger partial charge in [0, 0.05) is 27.1 Å². The molecule has 2 aliphatic heterocycles. The average Bonchev–Trinajstić information content (AvgIpc) is 3.89. The molecule has 1 N–H and O–H groups in total. The van der Waals surface area contributed by atoms with E-state index in [1.807, 2.05) is 91.0 Å².